The van der Waals surface area contributed by atoms with Crippen LogP contribution >= 0.6 is 0 Å². The van der Waals surface area contributed by atoms with Crippen LogP contribution in [-0.4, -0.2) is 12.6 Å². The molecule has 0 amide bonds. The van der Waals surface area contributed by atoms with Crippen molar-refractivity contribution in [3.05, 3.63) is 35.4 Å². The van der Waals surface area contributed by atoms with Gasteiger partial charge >= 0.3 is 0 Å². The summed E-state index contributed by atoms with van der Waals surface area (Å²) in [5, 5.41) is 3.53. The zero-order valence-corrected chi connectivity index (χ0v) is 11.6. The Morgan fingerprint density at radius 3 is 2.65 bits per heavy atom. The first-order valence-corrected chi connectivity index (χ1v) is 6.80. The molecule has 0 aromatic heterocycles. The van der Waals surface area contributed by atoms with E-state index in [9.17, 15) is 0 Å². The lowest BCUT2D eigenvalue weighted by molar-refractivity contribution is 0.381. The molecule has 0 radical (unpaired) electrons. The van der Waals surface area contributed by atoms with Gasteiger partial charge in [0.05, 0.1) is 0 Å². The molecule has 1 saturated heterocycles. The van der Waals surface area contributed by atoms with Crippen molar-refractivity contribution in [2.45, 2.75) is 57.9 Å². The Morgan fingerprint density at radius 2 is 2.00 bits per heavy atom. The molecule has 2 atom stereocenters. The van der Waals surface area contributed by atoms with Crippen molar-refractivity contribution in [3.8, 4) is 0 Å². The molecular weight excluding hydrogens is 206 g/mol. The third kappa shape index (κ3) is 3.10. The maximum Gasteiger partial charge on any atom is 0.00445 e. The van der Waals surface area contributed by atoms with Gasteiger partial charge in [0, 0.05) is 6.04 Å². The Kier molecular flexibility index (Phi) is 3.58. The van der Waals surface area contributed by atoms with E-state index in [-0.39, 0.29) is 5.41 Å². The van der Waals surface area contributed by atoms with E-state index in [1.54, 1.807) is 0 Å². The van der Waals surface area contributed by atoms with Gasteiger partial charge in [-0.2, -0.15) is 0 Å². The van der Waals surface area contributed by atoms with E-state index in [0.29, 0.717) is 6.04 Å². The van der Waals surface area contributed by atoms with Crippen LogP contribution in [0.3, 0.4) is 0 Å². The maximum absolute atomic E-state index is 3.53. The van der Waals surface area contributed by atoms with Crippen LogP contribution in [0.4, 0.5) is 0 Å². The zero-order valence-electron chi connectivity index (χ0n) is 11.6. The van der Waals surface area contributed by atoms with E-state index < -0.39 is 0 Å². The van der Waals surface area contributed by atoms with Crippen molar-refractivity contribution < 1.29 is 0 Å². The van der Waals surface area contributed by atoms with Crippen molar-refractivity contribution in [2.75, 3.05) is 6.54 Å². The molecule has 0 spiro atoms. The van der Waals surface area contributed by atoms with Crippen molar-refractivity contribution >= 4 is 0 Å². The molecule has 0 saturated carbocycles. The summed E-state index contributed by atoms with van der Waals surface area (Å²) >= 11 is 0. The van der Waals surface area contributed by atoms with E-state index in [0.717, 1.165) is 12.5 Å². The molecule has 2 rings (SSSR count). The van der Waals surface area contributed by atoms with Crippen LogP contribution in [0.2, 0.25) is 0 Å². The monoisotopic (exact) mass is 231 g/mol. The topological polar surface area (TPSA) is 12.0 Å². The van der Waals surface area contributed by atoms with Crippen molar-refractivity contribution in [2.24, 2.45) is 0 Å². The van der Waals surface area contributed by atoms with Gasteiger partial charge in [0.2, 0.25) is 0 Å². The first-order valence-electron chi connectivity index (χ1n) is 6.80. The molecule has 1 N–H and O–H groups in total. The Hall–Kier alpha value is -0.820. The van der Waals surface area contributed by atoms with Crippen molar-refractivity contribution in [1.29, 1.82) is 0 Å². The maximum atomic E-state index is 3.53. The Bertz CT molecular complexity index is 375. The van der Waals surface area contributed by atoms with Gasteiger partial charge < -0.3 is 5.32 Å². The fraction of sp³-hybridized carbons (Fsp3) is 0.625. The molecular formula is C16H25N. The average Bonchev–Trinajstić information content (AvgIpc) is 2.28. The fourth-order valence-corrected chi connectivity index (χ4v) is 2.69. The van der Waals surface area contributed by atoms with E-state index in [4.69, 9.17) is 0 Å². The molecule has 0 bridgehead atoms. The van der Waals surface area contributed by atoms with Crippen molar-refractivity contribution in [1.82, 2.24) is 5.32 Å². The normalized spacial score (nSPS) is 25.9. The lowest BCUT2D eigenvalue weighted by Gasteiger charge is -2.29. The summed E-state index contributed by atoms with van der Waals surface area (Å²) in [4.78, 5) is 0. The van der Waals surface area contributed by atoms with Gasteiger partial charge in [0.15, 0.2) is 0 Å². The predicted octanol–water partition coefficient (Wildman–Crippen LogP) is 3.84. The molecule has 1 aliphatic rings. The first kappa shape index (κ1) is 12.6. The highest BCUT2D eigenvalue weighted by atomic mass is 14.9. The third-order valence-electron chi connectivity index (χ3n) is 3.85. The molecule has 2 unspecified atom stereocenters. The Labute approximate surface area is 106 Å². The van der Waals surface area contributed by atoms with Crippen LogP contribution in [0.5, 0.6) is 0 Å². The van der Waals surface area contributed by atoms with Gasteiger partial charge in [0.1, 0.15) is 0 Å². The molecule has 1 fully saturated rings. The van der Waals surface area contributed by atoms with Gasteiger partial charge in [-0.25, -0.2) is 0 Å². The number of rotatable bonds is 1. The third-order valence-corrected chi connectivity index (χ3v) is 3.85. The fourth-order valence-electron chi connectivity index (χ4n) is 2.69. The molecule has 0 aliphatic carbocycles. The van der Waals surface area contributed by atoms with Crippen LogP contribution in [0.15, 0.2) is 24.3 Å². The standard InChI is InChI=1S/C16H25N/c1-12-10-14(8-9-17-12)13-6-5-7-15(11-13)16(2,3)4/h5-7,11-12,14,17H,8-10H2,1-4H3. The molecule has 1 aromatic rings. The van der Waals surface area contributed by atoms with Crippen LogP contribution in [0, 0.1) is 0 Å². The highest BCUT2D eigenvalue weighted by molar-refractivity contribution is 5.31. The number of nitrogens with one attached hydrogen (secondary N) is 1. The Morgan fingerprint density at radius 1 is 1.24 bits per heavy atom. The second-order valence-electron chi connectivity index (χ2n) is 6.45. The molecule has 1 heterocycles. The van der Waals surface area contributed by atoms with E-state index in [1.165, 1.54) is 24.0 Å². The molecule has 1 nitrogen and oxygen atoms in total. The van der Waals surface area contributed by atoms with E-state index >= 15 is 0 Å². The molecule has 1 aromatic carbocycles. The number of hydrogen-bond acceptors (Lipinski definition) is 1. The number of benzene rings is 1. The molecule has 17 heavy (non-hydrogen) atoms. The lowest BCUT2D eigenvalue weighted by atomic mass is 9.81. The summed E-state index contributed by atoms with van der Waals surface area (Å²) in [6.45, 7) is 10.3. The molecule has 94 valence electrons. The summed E-state index contributed by atoms with van der Waals surface area (Å²) < 4.78 is 0. The Balaban J connectivity index is 2.21. The smallest absolute Gasteiger partial charge is 0.00445 e. The highest BCUT2D eigenvalue weighted by Gasteiger charge is 2.21. The lowest BCUT2D eigenvalue weighted by Crippen LogP contribution is -2.34. The van der Waals surface area contributed by atoms with Gasteiger partial charge in [-0.3, -0.25) is 0 Å². The van der Waals surface area contributed by atoms with Crippen LogP contribution < -0.4 is 5.32 Å². The van der Waals surface area contributed by atoms with Crippen molar-refractivity contribution in [3.63, 3.8) is 0 Å². The van der Waals surface area contributed by atoms with E-state index in [2.05, 4.69) is 57.3 Å². The largest absolute Gasteiger partial charge is 0.314 e. The van der Waals surface area contributed by atoms with Crippen LogP contribution in [-0.2, 0) is 5.41 Å². The average molecular weight is 231 g/mol. The summed E-state index contributed by atoms with van der Waals surface area (Å²) in [6.07, 6.45) is 2.55. The molecule has 1 aliphatic heterocycles. The van der Waals surface area contributed by atoms with Crippen LogP contribution in [0.25, 0.3) is 0 Å². The van der Waals surface area contributed by atoms with E-state index in [1.807, 2.05) is 0 Å². The minimum Gasteiger partial charge on any atom is -0.314 e. The van der Waals surface area contributed by atoms with Gasteiger partial charge in [0.25, 0.3) is 0 Å². The van der Waals surface area contributed by atoms with Gasteiger partial charge in [-0.05, 0) is 48.8 Å². The zero-order chi connectivity index (χ0) is 12.5. The minimum absolute atomic E-state index is 0.258. The minimum atomic E-state index is 0.258. The van der Waals surface area contributed by atoms with Gasteiger partial charge in [-0.1, -0.05) is 45.0 Å². The summed E-state index contributed by atoms with van der Waals surface area (Å²) in [5.41, 5.74) is 3.25. The first-order chi connectivity index (χ1) is 7.97. The number of piperidine rings is 1. The second kappa shape index (κ2) is 4.81. The second-order valence-corrected chi connectivity index (χ2v) is 6.45. The summed E-state index contributed by atoms with van der Waals surface area (Å²) in [5.74, 6) is 0.744. The SMILES string of the molecule is CC1CC(c2cccc(C(C)(C)C)c2)CCN1. The summed E-state index contributed by atoms with van der Waals surface area (Å²) in [6, 6.07) is 9.86. The summed E-state index contributed by atoms with van der Waals surface area (Å²) in [7, 11) is 0. The predicted molar refractivity (Wildman–Crippen MR) is 74.6 cm³/mol. The highest BCUT2D eigenvalue weighted by Crippen LogP contribution is 2.31. The number of hydrogen-bond donors (Lipinski definition) is 1. The van der Waals surface area contributed by atoms with Gasteiger partial charge in [-0.15, -0.1) is 0 Å². The molecule has 1 heteroatoms. The van der Waals surface area contributed by atoms with Crippen LogP contribution in [0.1, 0.15) is 57.6 Å². The quantitative estimate of drug-likeness (QED) is 0.774.